The van der Waals surface area contributed by atoms with Gasteiger partial charge in [0.1, 0.15) is 12.4 Å². The molecular weight excluding hydrogens is 390 g/mol. The third-order valence-corrected chi connectivity index (χ3v) is 5.18. The van der Waals surface area contributed by atoms with Gasteiger partial charge in [-0.3, -0.25) is 0 Å². The van der Waals surface area contributed by atoms with Gasteiger partial charge in [-0.1, -0.05) is 48.5 Å². The number of imidazole rings is 1. The highest BCUT2D eigenvalue weighted by Crippen LogP contribution is 2.26. The maximum Gasteiger partial charge on any atom is 0.340 e. The Hall–Kier alpha value is -3.95. The fourth-order valence-corrected chi connectivity index (χ4v) is 3.72. The van der Waals surface area contributed by atoms with Crippen molar-refractivity contribution in [3.05, 3.63) is 89.2 Å². The lowest BCUT2D eigenvalue weighted by molar-refractivity contribution is 0.0602. The number of fused-ring (bicyclic) bond motifs is 1. The van der Waals surface area contributed by atoms with Crippen LogP contribution in [0.2, 0.25) is 0 Å². The van der Waals surface area contributed by atoms with E-state index in [9.17, 15) is 10.1 Å². The van der Waals surface area contributed by atoms with Crippen LogP contribution in [-0.2, 0) is 22.6 Å². The van der Waals surface area contributed by atoms with Crippen molar-refractivity contribution in [2.24, 2.45) is 0 Å². The first-order chi connectivity index (χ1) is 15.2. The van der Waals surface area contributed by atoms with Crippen LogP contribution < -0.4 is 0 Å². The van der Waals surface area contributed by atoms with Gasteiger partial charge in [0.25, 0.3) is 0 Å². The smallest absolute Gasteiger partial charge is 0.340 e. The average molecular weight is 411 g/mol. The van der Waals surface area contributed by atoms with Crippen LogP contribution >= 0.6 is 0 Å². The molecule has 31 heavy (non-hydrogen) atoms. The van der Waals surface area contributed by atoms with E-state index in [-0.39, 0.29) is 0 Å². The summed E-state index contributed by atoms with van der Waals surface area (Å²) < 4.78 is 12.3. The van der Waals surface area contributed by atoms with E-state index in [4.69, 9.17) is 9.47 Å². The van der Waals surface area contributed by atoms with Crippen LogP contribution in [-0.4, -0.2) is 29.7 Å². The molecule has 6 nitrogen and oxygen atoms in total. The third-order valence-electron chi connectivity index (χ3n) is 5.18. The summed E-state index contributed by atoms with van der Waals surface area (Å²) in [7, 11) is 2.99. The molecule has 0 atom stereocenters. The van der Waals surface area contributed by atoms with Gasteiger partial charge in [0, 0.05) is 13.7 Å². The molecule has 3 aromatic carbocycles. The average Bonchev–Trinajstić information content (AvgIpc) is 3.16. The lowest BCUT2D eigenvalue weighted by Gasteiger charge is -2.12. The van der Waals surface area contributed by atoms with E-state index in [0.29, 0.717) is 24.3 Å². The van der Waals surface area contributed by atoms with Crippen LogP contribution in [0.4, 0.5) is 0 Å². The number of esters is 1. The molecule has 0 unspecified atom stereocenters. The van der Waals surface area contributed by atoms with E-state index in [1.807, 2.05) is 59.2 Å². The molecule has 6 heteroatoms. The number of aromatic nitrogens is 2. The second kappa shape index (κ2) is 8.82. The molecule has 1 aromatic heterocycles. The summed E-state index contributed by atoms with van der Waals surface area (Å²) in [5, 5.41) is 9.37. The lowest BCUT2D eigenvalue weighted by Crippen LogP contribution is -2.10. The van der Waals surface area contributed by atoms with Crippen LogP contribution in [0.15, 0.2) is 66.7 Å². The van der Waals surface area contributed by atoms with Crippen LogP contribution in [0.3, 0.4) is 0 Å². The highest BCUT2D eigenvalue weighted by molar-refractivity contribution is 6.02. The molecular formula is C25H21N3O3. The van der Waals surface area contributed by atoms with Gasteiger partial charge in [0.15, 0.2) is 0 Å². The van der Waals surface area contributed by atoms with Crippen molar-refractivity contribution in [2.45, 2.75) is 13.2 Å². The SMILES string of the molecule is COCc1nc2cccc(C(=O)OC)c2n1Cc1ccc(-c2ccccc2C#N)cc1. The third kappa shape index (κ3) is 3.91. The Labute approximate surface area is 180 Å². The first-order valence-electron chi connectivity index (χ1n) is 9.80. The molecule has 0 aliphatic heterocycles. The van der Waals surface area contributed by atoms with Crippen molar-refractivity contribution < 1.29 is 14.3 Å². The lowest BCUT2D eigenvalue weighted by atomic mass is 9.99. The van der Waals surface area contributed by atoms with Gasteiger partial charge in [-0.15, -0.1) is 0 Å². The van der Waals surface area contributed by atoms with Gasteiger partial charge in [0.2, 0.25) is 0 Å². The number of methoxy groups -OCH3 is 2. The summed E-state index contributed by atoms with van der Waals surface area (Å²) in [5.41, 5.74) is 5.46. The Balaban J connectivity index is 1.75. The van der Waals surface area contributed by atoms with Gasteiger partial charge in [-0.05, 0) is 34.9 Å². The number of nitriles is 1. The Bertz CT molecular complexity index is 1280. The predicted octanol–water partition coefficient (Wildman–Crippen LogP) is 4.56. The Morgan fingerprint density at radius 1 is 1.03 bits per heavy atom. The van der Waals surface area contributed by atoms with Crippen LogP contribution in [0.1, 0.15) is 27.3 Å². The summed E-state index contributed by atoms with van der Waals surface area (Å²) >= 11 is 0. The first kappa shape index (κ1) is 20.3. The maximum atomic E-state index is 12.3. The first-order valence-corrected chi connectivity index (χ1v) is 9.80. The molecule has 0 saturated carbocycles. The standard InChI is InChI=1S/C25H21N3O3/c1-30-16-23-27-22-9-5-8-21(25(29)31-2)24(22)28(23)15-17-10-12-18(13-11-17)20-7-4-3-6-19(20)14-26/h3-13H,15-16H2,1-2H3. The van der Waals surface area contributed by atoms with E-state index >= 15 is 0 Å². The number of benzene rings is 3. The quantitative estimate of drug-likeness (QED) is 0.435. The minimum atomic E-state index is -0.404. The number of para-hydroxylation sites is 1. The van der Waals surface area contributed by atoms with Crippen LogP contribution in [0.5, 0.6) is 0 Å². The number of carbonyl (C=O) groups is 1. The molecule has 0 spiro atoms. The number of carbonyl (C=O) groups excluding carboxylic acids is 1. The number of hydrogen-bond acceptors (Lipinski definition) is 5. The topological polar surface area (TPSA) is 77.1 Å². The molecule has 0 fully saturated rings. The molecule has 0 N–H and O–H groups in total. The van der Waals surface area contributed by atoms with Crippen molar-refractivity contribution in [3.8, 4) is 17.2 Å². The molecule has 0 radical (unpaired) electrons. The van der Waals surface area contributed by atoms with Crippen molar-refractivity contribution in [2.75, 3.05) is 14.2 Å². The minimum absolute atomic E-state index is 0.322. The molecule has 4 rings (SSSR count). The summed E-state index contributed by atoms with van der Waals surface area (Å²) in [6.45, 7) is 0.840. The van der Waals surface area contributed by atoms with Crippen LogP contribution in [0.25, 0.3) is 22.2 Å². The largest absolute Gasteiger partial charge is 0.465 e. The zero-order valence-electron chi connectivity index (χ0n) is 17.3. The molecule has 1 heterocycles. The number of ether oxygens (including phenoxy) is 2. The molecule has 0 saturated heterocycles. The molecule has 4 aromatic rings. The van der Waals surface area contributed by atoms with Gasteiger partial charge in [-0.25, -0.2) is 9.78 Å². The predicted molar refractivity (Wildman–Crippen MR) is 117 cm³/mol. The molecule has 0 aliphatic carbocycles. The Kier molecular flexibility index (Phi) is 5.78. The van der Waals surface area contributed by atoms with Gasteiger partial charge >= 0.3 is 5.97 Å². The second-order valence-electron chi connectivity index (χ2n) is 7.07. The monoisotopic (exact) mass is 411 g/mol. The zero-order valence-corrected chi connectivity index (χ0v) is 17.3. The van der Waals surface area contributed by atoms with Crippen LogP contribution in [0, 0.1) is 11.3 Å². The second-order valence-corrected chi connectivity index (χ2v) is 7.07. The number of nitrogens with zero attached hydrogens (tertiary/aromatic N) is 3. The van der Waals surface area contributed by atoms with E-state index < -0.39 is 5.97 Å². The van der Waals surface area contributed by atoms with Gasteiger partial charge < -0.3 is 14.0 Å². The Morgan fingerprint density at radius 3 is 2.52 bits per heavy atom. The van der Waals surface area contributed by atoms with Crippen molar-refractivity contribution in [1.82, 2.24) is 9.55 Å². The minimum Gasteiger partial charge on any atom is -0.465 e. The van der Waals surface area contributed by atoms with Crippen molar-refractivity contribution >= 4 is 17.0 Å². The maximum absolute atomic E-state index is 12.3. The van der Waals surface area contributed by atoms with E-state index in [1.54, 1.807) is 19.2 Å². The number of rotatable bonds is 6. The highest BCUT2D eigenvalue weighted by atomic mass is 16.5. The molecule has 0 aliphatic rings. The van der Waals surface area contributed by atoms with Crippen molar-refractivity contribution in [1.29, 1.82) is 5.26 Å². The van der Waals surface area contributed by atoms with Gasteiger partial charge in [-0.2, -0.15) is 5.26 Å². The van der Waals surface area contributed by atoms with Gasteiger partial charge in [0.05, 0.1) is 35.3 Å². The van der Waals surface area contributed by atoms with E-state index in [0.717, 1.165) is 33.5 Å². The summed E-state index contributed by atoms with van der Waals surface area (Å²) in [4.78, 5) is 17.0. The Morgan fingerprint density at radius 2 is 1.81 bits per heavy atom. The fraction of sp³-hybridized carbons (Fsp3) is 0.160. The highest BCUT2D eigenvalue weighted by Gasteiger charge is 2.19. The zero-order chi connectivity index (χ0) is 21.8. The summed E-state index contributed by atoms with van der Waals surface area (Å²) in [6.07, 6.45) is 0. The molecule has 154 valence electrons. The summed E-state index contributed by atoms with van der Waals surface area (Å²) in [5.74, 6) is 0.326. The van der Waals surface area contributed by atoms with Crippen molar-refractivity contribution in [3.63, 3.8) is 0 Å². The molecule has 0 bridgehead atoms. The number of hydrogen-bond donors (Lipinski definition) is 0. The van der Waals surface area contributed by atoms with E-state index in [1.165, 1.54) is 7.11 Å². The van der Waals surface area contributed by atoms with E-state index in [2.05, 4.69) is 11.1 Å². The molecule has 0 amide bonds. The normalized spacial score (nSPS) is 10.7. The summed E-state index contributed by atoms with van der Waals surface area (Å²) in [6, 6.07) is 23.2. The fourth-order valence-electron chi connectivity index (χ4n) is 3.72.